The maximum atomic E-state index is 13.4. The van der Waals surface area contributed by atoms with Crippen LogP contribution in [-0.2, 0) is 14.3 Å². The van der Waals surface area contributed by atoms with Crippen molar-refractivity contribution >= 4 is 18.0 Å². The molecular weight excluding hydrogens is 441 g/mol. The number of carbonyl (C=O) groups is 3. The van der Waals surface area contributed by atoms with E-state index in [0.717, 1.165) is 36.2 Å². The van der Waals surface area contributed by atoms with E-state index in [-0.39, 0.29) is 12.5 Å². The van der Waals surface area contributed by atoms with Crippen LogP contribution in [0.15, 0.2) is 48.5 Å². The van der Waals surface area contributed by atoms with Crippen LogP contribution < -0.4 is 5.32 Å². The van der Waals surface area contributed by atoms with Gasteiger partial charge in [-0.15, -0.1) is 0 Å². The van der Waals surface area contributed by atoms with Crippen molar-refractivity contribution in [2.45, 2.75) is 25.1 Å². The van der Waals surface area contributed by atoms with Gasteiger partial charge >= 0.3 is 18.2 Å². The Balaban J connectivity index is 1.64. The second kappa shape index (κ2) is 9.51. The summed E-state index contributed by atoms with van der Waals surface area (Å²) in [5, 5.41) is 10.9. The normalized spacial score (nSPS) is 14.6. The second-order valence-corrected chi connectivity index (χ2v) is 7.76. The van der Waals surface area contributed by atoms with Gasteiger partial charge in [0.25, 0.3) is 0 Å². The summed E-state index contributed by atoms with van der Waals surface area (Å²) < 4.78 is 45.5. The first-order valence-corrected chi connectivity index (χ1v) is 10.2. The van der Waals surface area contributed by atoms with Crippen molar-refractivity contribution in [3.63, 3.8) is 0 Å². The molecular formula is C23H23F3N2O5. The van der Waals surface area contributed by atoms with E-state index < -0.39 is 42.7 Å². The van der Waals surface area contributed by atoms with Crippen molar-refractivity contribution in [1.82, 2.24) is 10.2 Å². The highest BCUT2D eigenvalue weighted by atomic mass is 19.4. The first-order valence-electron chi connectivity index (χ1n) is 10.2. The number of aliphatic carboxylic acids is 1. The number of amides is 2. The number of hydrogen-bond donors (Lipinski definition) is 2. The Hall–Kier alpha value is -3.56. The number of halogens is 3. The molecule has 0 aliphatic heterocycles. The van der Waals surface area contributed by atoms with Gasteiger partial charge in [-0.05, 0) is 29.2 Å². The molecule has 0 saturated carbocycles. The first kappa shape index (κ1) is 24.1. The summed E-state index contributed by atoms with van der Waals surface area (Å²) in [4.78, 5) is 35.9. The molecule has 33 heavy (non-hydrogen) atoms. The lowest BCUT2D eigenvalue weighted by atomic mass is 9.98. The molecule has 2 atom stereocenters. The van der Waals surface area contributed by atoms with Crippen LogP contribution in [0.1, 0.15) is 24.0 Å². The standard InChI is InChI=1S/C23H23F3N2O5/c1-13(21(30)31)28(2)20(29)19(23(24,25)26)11-27-22(32)33-12-18-16-9-5-3-7-14(16)15-8-4-6-10-17(15)18/h3-10,13,18-19H,11-12H2,1-2H3,(H,27,32)(H,30,31)/t13-,19?/m0/s1. The third kappa shape index (κ3) is 5.10. The predicted molar refractivity (Wildman–Crippen MR) is 112 cm³/mol. The largest absolute Gasteiger partial charge is 0.480 e. The smallest absolute Gasteiger partial charge is 0.407 e. The summed E-state index contributed by atoms with van der Waals surface area (Å²) in [6, 6.07) is 13.7. The van der Waals surface area contributed by atoms with Crippen molar-refractivity contribution in [1.29, 1.82) is 0 Å². The zero-order valence-corrected chi connectivity index (χ0v) is 17.9. The molecule has 2 aromatic carbocycles. The molecule has 2 aromatic rings. The third-order valence-corrected chi connectivity index (χ3v) is 5.77. The van der Waals surface area contributed by atoms with Crippen LogP contribution in [0.2, 0.25) is 0 Å². The third-order valence-electron chi connectivity index (χ3n) is 5.77. The number of alkyl halides is 3. The van der Waals surface area contributed by atoms with Crippen LogP contribution in [-0.4, -0.2) is 60.4 Å². The Morgan fingerprint density at radius 1 is 1.06 bits per heavy atom. The summed E-state index contributed by atoms with van der Waals surface area (Å²) >= 11 is 0. The van der Waals surface area contributed by atoms with Crippen LogP contribution >= 0.6 is 0 Å². The number of alkyl carbamates (subject to hydrolysis) is 1. The zero-order chi connectivity index (χ0) is 24.3. The number of benzene rings is 2. The summed E-state index contributed by atoms with van der Waals surface area (Å²) in [5.41, 5.74) is 3.89. The van der Waals surface area contributed by atoms with Gasteiger partial charge in [0.1, 0.15) is 12.6 Å². The molecule has 10 heteroatoms. The van der Waals surface area contributed by atoms with Crippen molar-refractivity contribution in [2.75, 3.05) is 20.2 Å². The average molecular weight is 464 g/mol. The van der Waals surface area contributed by atoms with E-state index in [0.29, 0.717) is 4.90 Å². The maximum Gasteiger partial charge on any atom is 0.407 e. The highest BCUT2D eigenvalue weighted by Gasteiger charge is 2.47. The SMILES string of the molecule is C[C@@H](C(=O)O)N(C)C(=O)C(CNC(=O)OCC1c2ccccc2-c2ccccc21)C(F)(F)F. The number of nitrogens with one attached hydrogen (secondary N) is 1. The van der Waals surface area contributed by atoms with Crippen molar-refractivity contribution in [3.8, 4) is 11.1 Å². The molecule has 0 aromatic heterocycles. The molecule has 0 bridgehead atoms. The summed E-state index contributed by atoms with van der Waals surface area (Å²) in [5.74, 6) is -5.79. The Morgan fingerprint density at radius 3 is 2.06 bits per heavy atom. The van der Waals surface area contributed by atoms with Crippen LogP contribution in [0, 0.1) is 5.92 Å². The number of hydrogen-bond acceptors (Lipinski definition) is 4. The highest BCUT2D eigenvalue weighted by molar-refractivity contribution is 5.85. The quantitative estimate of drug-likeness (QED) is 0.653. The molecule has 0 saturated heterocycles. The van der Waals surface area contributed by atoms with E-state index in [1.54, 1.807) is 0 Å². The molecule has 0 spiro atoms. The van der Waals surface area contributed by atoms with Gasteiger partial charge < -0.3 is 20.1 Å². The number of carbonyl (C=O) groups excluding carboxylic acids is 2. The van der Waals surface area contributed by atoms with Gasteiger partial charge in [0.05, 0.1) is 0 Å². The monoisotopic (exact) mass is 464 g/mol. The molecule has 7 nitrogen and oxygen atoms in total. The summed E-state index contributed by atoms with van der Waals surface area (Å²) in [6.07, 6.45) is -6.09. The van der Waals surface area contributed by atoms with E-state index in [2.05, 4.69) is 0 Å². The van der Waals surface area contributed by atoms with Crippen LogP contribution in [0.25, 0.3) is 11.1 Å². The van der Waals surface area contributed by atoms with Gasteiger partial charge in [-0.25, -0.2) is 9.59 Å². The van der Waals surface area contributed by atoms with Gasteiger partial charge in [0.15, 0.2) is 5.92 Å². The summed E-state index contributed by atoms with van der Waals surface area (Å²) in [7, 11) is 0.965. The van der Waals surface area contributed by atoms with E-state index in [4.69, 9.17) is 9.84 Å². The van der Waals surface area contributed by atoms with E-state index in [1.165, 1.54) is 0 Å². The van der Waals surface area contributed by atoms with Gasteiger partial charge in [-0.3, -0.25) is 4.79 Å². The fourth-order valence-corrected chi connectivity index (χ4v) is 3.78. The molecule has 1 aliphatic rings. The molecule has 0 heterocycles. The van der Waals surface area contributed by atoms with Crippen LogP contribution in [0.3, 0.4) is 0 Å². The minimum Gasteiger partial charge on any atom is -0.480 e. The highest BCUT2D eigenvalue weighted by Crippen LogP contribution is 2.44. The van der Waals surface area contributed by atoms with Crippen molar-refractivity contribution in [2.24, 2.45) is 5.92 Å². The molecule has 1 aliphatic carbocycles. The van der Waals surface area contributed by atoms with E-state index in [9.17, 15) is 27.6 Å². The molecule has 0 radical (unpaired) electrons. The Kier molecular flexibility index (Phi) is 6.95. The Bertz CT molecular complexity index is 1010. The van der Waals surface area contributed by atoms with Crippen LogP contribution in [0.5, 0.6) is 0 Å². The number of ether oxygens (including phenoxy) is 1. The Morgan fingerprint density at radius 2 is 1.58 bits per heavy atom. The molecule has 176 valence electrons. The lowest BCUT2D eigenvalue weighted by molar-refractivity contribution is -0.189. The van der Waals surface area contributed by atoms with E-state index >= 15 is 0 Å². The number of carboxylic acid groups (broad SMARTS) is 1. The van der Waals surface area contributed by atoms with Gasteiger partial charge in [-0.2, -0.15) is 13.2 Å². The average Bonchev–Trinajstić information content (AvgIpc) is 3.09. The first-order chi connectivity index (χ1) is 15.5. The lowest BCUT2D eigenvalue weighted by Crippen LogP contribution is -2.50. The molecule has 3 rings (SSSR count). The predicted octanol–water partition coefficient (Wildman–Crippen LogP) is 3.64. The summed E-state index contributed by atoms with van der Waals surface area (Å²) in [6.45, 7) is -0.0806. The van der Waals surface area contributed by atoms with Gasteiger partial charge in [-0.1, -0.05) is 48.5 Å². The van der Waals surface area contributed by atoms with Crippen molar-refractivity contribution < 1.29 is 37.4 Å². The van der Waals surface area contributed by atoms with Gasteiger partial charge in [0.2, 0.25) is 5.91 Å². The maximum absolute atomic E-state index is 13.4. The number of rotatable bonds is 7. The minimum absolute atomic E-state index is 0.0968. The van der Waals surface area contributed by atoms with E-state index in [1.807, 2.05) is 53.8 Å². The molecule has 0 fully saturated rings. The lowest BCUT2D eigenvalue weighted by Gasteiger charge is -2.28. The number of likely N-dealkylation sites (N-methyl/N-ethyl adjacent to an activating group) is 1. The zero-order valence-electron chi connectivity index (χ0n) is 17.9. The van der Waals surface area contributed by atoms with Gasteiger partial charge in [0, 0.05) is 19.5 Å². The van der Waals surface area contributed by atoms with Crippen LogP contribution in [0.4, 0.5) is 18.0 Å². The van der Waals surface area contributed by atoms with Crippen molar-refractivity contribution in [3.05, 3.63) is 59.7 Å². The number of nitrogens with zero attached hydrogens (tertiary/aromatic N) is 1. The number of carboxylic acids is 1. The molecule has 1 unspecified atom stereocenters. The fourth-order valence-electron chi connectivity index (χ4n) is 3.78. The Labute approximate surface area is 188 Å². The topological polar surface area (TPSA) is 95.9 Å². The second-order valence-electron chi connectivity index (χ2n) is 7.76. The fraction of sp³-hybridized carbons (Fsp3) is 0.348. The molecule has 2 N–H and O–H groups in total. The number of fused-ring (bicyclic) bond motifs is 3. The minimum atomic E-state index is -4.99. The molecule has 2 amide bonds.